The van der Waals surface area contributed by atoms with E-state index < -0.39 is 23.7 Å². The van der Waals surface area contributed by atoms with Gasteiger partial charge in [-0.05, 0) is 24.1 Å². The number of carbonyl (C=O) groups is 3. The number of methoxy groups -OCH3 is 2. The Morgan fingerprint density at radius 1 is 1.12 bits per heavy atom. The minimum atomic E-state index is -0.690. The normalized spacial score (nSPS) is 10.2. The molecule has 2 aromatic rings. The van der Waals surface area contributed by atoms with Gasteiger partial charge in [-0.3, -0.25) is 4.79 Å². The van der Waals surface area contributed by atoms with Gasteiger partial charge in [0.05, 0.1) is 26.2 Å². The molecule has 2 rings (SSSR count). The van der Waals surface area contributed by atoms with Crippen LogP contribution in [0, 0.1) is 12.7 Å². The third kappa shape index (κ3) is 4.03. The molecule has 25 heavy (non-hydrogen) atoms. The Morgan fingerprint density at radius 2 is 1.76 bits per heavy atom. The number of nitrogens with one attached hydrogen (secondary N) is 1. The Hall–Kier alpha value is -2.74. The van der Waals surface area contributed by atoms with Crippen LogP contribution in [0.4, 0.5) is 9.39 Å². The molecule has 0 aliphatic rings. The zero-order chi connectivity index (χ0) is 18.6. The fourth-order valence-electron chi connectivity index (χ4n) is 2.22. The maximum atomic E-state index is 13.7. The van der Waals surface area contributed by atoms with Crippen LogP contribution in [0.2, 0.25) is 0 Å². The first-order chi connectivity index (χ1) is 11.9. The van der Waals surface area contributed by atoms with Crippen LogP contribution in [0.1, 0.15) is 31.2 Å². The lowest BCUT2D eigenvalue weighted by Gasteiger charge is -2.06. The number of halogens is 1. The molecular weight excluding hydrogens is 349 g/mol. The third-order valence-corrected chi connectivity index (χ3v) is 4.66. The van der Waals surface area contributed by atoms with Gasteiger partial charge in [0, 0.05) is 0 Å². The number of amides is 1. The van der Waals surface area contributed by atoms with E-state index in [-0.39, 0.29) is 27.4 Å². The largest absolute Gasteiger partial charge is 0.465 e. The van der Waals surface area contributed by atoms with Gasteiger partial charge in [-0.25, -0.2) is 14.0 Å². The molecule has 0 fully saturated rings. The Kier molecular flexibility index (Phi) is 5.87. The summed E-state index contributed by atoms with van der Waals surface area (Å²) in [5, 5.41) is 2.70. The van der Waals surface area contributed by atoms with Crippen LogP contribution in [0.25, 0.3) is 0 Å². The molecule has 132 valence electrons. The molecule has 0 aliphatic carbocycles. The van der Waals surface area contributed by atoms with E-state index in [1.807, 2.05) is 0 Å². The molecule has 1 aromatic carbocycles. The standard InChI is InChI=1S/C17H16FNO5S/c1-9-13(16(21)23-2)15(25-14(9)17(22)24-3)19-12(20)8-10-6-4-5-7-11(10)18/h4-7H,8H2,1-3H3,(H,19,20). The van der Waals surface area contributed by atoms with Crippen LogP contribution in [0.5, 0.6) is 0 Å². The minimum absolute atomic E-state index is 0.0785. The first-order valence-corrected chi connectivity index (χ1v) is 8.04. The lowest BCUT2D eigenvalue weighted by atomic mass is 10.1. The van der Waals surface area contributed by atoms with Crippen molar-refractivity contribution in [2.24, 2.45) is 0 Å². The van der Waals surface area contributed by atoms with Crippen LogP contribution >= 0.6 is 11.3 Å². The lowest BCUT2D eigenvalue weighted by Crippen LogP contribution is -2.16. The first-order valence-electron chi connectivity index (χ1n) is 7.22. The number of carbonyl (C=O) groups excluding carboxylic acids is 3. The van der Waals surface area contributed by atoms with Crippen LogP contribution in [0.15, 0.2) is 24.3 Å². The third-order valence-electron chi connectivity index (χ3n) is 3.47. The molecule has 6 nitrogen and oxygen atoms in total. The van der Waals surface area contributed by atoms with Crippen molar-refractivity contribution >= 4 is 34.2 Å². The second kappa shape index (κ2) is 7.89. The van der Waals surface area contributed by atoms with E-state index in [1.165, 1.54) is 32.4 Å². The van der Waals surface area contributed by atoms with Crippen molar-refractivity contribution in [3.05, 3.63) is 51.7 Å². The molecule has 0 spiro atoms. The van der Waals surface area contributed by atoms with E-state index in [1.54, 1.807) is 13.0 Å². The van der Waals surface area contributed by atoms with Gasteiger partial charge in [-0.1, -0.05) is 18.2 Å². The summed E-state index contributed by atoms with van der Waals surface area (Å²) in [4.78, 5) is 36.2. The maximum absolute atomic E-state index is 13.7. The monoisotopic (exact) mass is 365 g/mol. The summed E-state index contributed by atoms with van der Waals surface area (Å²) >= 11 is 0.905. The van der Waals surface area contributed by atoms with Crippen molar-refractivity contribution in [3.8, 4) is 0 Å². The average molecular weight is 365 g/mol. The molecular formula is C17H16FNO5S. The van der Waals surface area contributed by atoms with Crippen LogP contribution in [-0.4, -0.2) is 32.1 Å². The van der Waals surface area contributed by atoms with Crippen LogP contribution in [0.3, 0.4) is 0 Å². The van der Waals surface area contributed by atoms with Crippen molar-refractivity contribution in [1.82, 2.24) is 0 Å². The van der Waals surface area contributed by atoms with E-state index >= 15 is 0 Å². The van der Waals surface area contributed by atoms with Gasteiger partial charge in [0.15, 0.2) is 0 Å². The molecule has 8 heteroatoms. The van der Waals surface area contributed by atoms with Crippen molar-refractivity contribution in [2.75, 3.05) is 19.5 Å². The summed E-state index contributed by atoms with van der Waals surface area (Å²) < 4.78 is 23.0. The van der Waals surface area contributed by atoms with Gasteiger partial charge < -0.3 is 14.8 Å². The Morgan fingerprint density at radius 3 is 2.36 bits per heavy atom. The number of thiophene rings is 1. The van der Waals surface area contributed by atoms with Gasteiger partial charge in [0.2, 0.25) is 5.91 Å². The van der Waals surface area contributed by atoms with Crippen molar-refractivity contribution in [3.63, 3.8) is 0 Å². The van der Waals surface area contributed by atoms with Gasteiger partial charge >= 0.3 is 11.9 Å². The molecule has 0 aliphatic heterocycles. The second-order valence-corrected chi connectivity index (χ2v) is 6.08. The van der Waals surface area contributed by atoms with Crippen molar-refractivity contribution in [1.29, 1.82) is 0 Å². The molecule has 0 saturated heterocycles. The summed E-state index contributed by atoms with van der Waals surface area (Å²) in [6.07, 6.45) is -0.211. The highest BCUT2D eigenvalue weighted by atomic mass is 32.1. The number of hydrogen-bond acceptors (Lipinski definition) is 6. The van der Waals surface area contributed by atoms with E-state index in [9.17, 15) is 18.8 Å². The molecule has 1 amide bonds. The van der Waals surface area contributed by atoms with Crippen LogP contribution < -0.4 is 5.32 Å². The molecule has 0 bridgehead atoms. The Balaban J connectivity index is 2.31. The SMILES string of the molecule is COC(=O)c1sc(NC(=O)Cc2ccccc2F)c(C(=O)OC)c1C. The molecule has 0 saturated carbocycles. The highest BCUT2D eigenvalue weighted by Gasteiger charge is 2.26. The summed E-state index contributed by atoms with van der Waals surface area (Å²) in [5.74, 6) is -2.33. The first kappa shape index (κ1) is 18.6. The Bertz CT molecular complexity index is 830. The zero-order valence-electron chi connectivity index (χ0n) is 13.8. The number of hydrogen-bond donors (Lipinski definition) is 1. The molecule has 1 aromatic heterocycles. The fraction of sp³-hybridized carbons (Fsp3) is 0.235. The van der Waals surface area contributed by atoms with Crippen molar-refractivity contribution in [2.45, 2.75) is 13.3 Å². The number of esters is 2. The molecule has 0 atom stereocenters. The number of rotatable bonds is 5. The van der Waals surface area contributed by atoms with Gasteiger partial charge in [-0.2, -0.15) is 0 Å². The molecule has 1 N–H and O–H groups in total. The summed E-state index contributed by atoms with van der Waals surface area (Å²) in [5.41, 5.74) is 0.653. The summed E-state index contributed by atoms with van der Waals surface area (Å²) in [6.45, 7) is 1.56. The van der Waals surface area contributed by atoms with E-state index in [4.69, 9.17) is 4.74 Å². The topological polar surface area (TPSA) is 81.7 Å². The van der Waals surface area contributed by atoms with E-state index in [0.29, 0.717) is 5.56 Å². The molecule has 0 unspecified atom stereocenters. The molecule has 1 heterocycles. The predicted molar refractivity (Wildman–Crippen MR) is 90.5 cm³/mol. The Labute approximate surface area is 147 Å². The fourth-order valence-corrected chi connectivity index (χ4v) is 3.35. The van der Waals surface area contributed by atoms with Crippen molar-refractivity contribution < 1.29 is 28.2 Å². The highest BCUT2D eigenvalue weighted by molar-refractivity contribution is 7.18. The smallest absolute Gasteiger partial charge is 0.348 e. The van der Waals surface area contributed by atoms with E-state index in [2.05, 4.69) is 10.1 Å². The number of anilines is 1. The number of benzene rings is 1. The molecule has 0 radical (unpaired) electrons. The van der Waals surface area contributed by atoms with E-state index in [0.717, 1.165) is 11.3 Å². The lowest BCUT2D eigenvalue weighted by molar-refractivity contribution is -0.115. The predicted octanol–water partition coefficient (Wildman–Crippen LogP) is 2.95. The van der Waals surface area contributed by atoms with Gasteiger partial charge in [0.25, 0.3) is 0 Å². The average Bonchev–Trinajstić information content (AvgIpc) is 2.91. The quantitative estimate of drug-likeness (QED) is 0.824. The zero-order valence-corrected chi connectivity index (χ0v) is 14.7. The minimum Gasteiger partial charge on any atom is -0.465 e. The van der Waals surface area contributed by atoms with Crippen LogP contribution in [-0.2, 0) is 20.7 Å². The summed E-state index contributed by atoms with van der Waals surface area (Å²) in [7, 11) is 2.41. The summed E-state index contributed by atoms with van der Waals surface area (Å²) in [6, 6.07) is 5.90. The maximum Gasteiger partial charge on any atom is 0.348 e. The number of ether oxygens (including phenoxy) is 2. The van der Waals surface area contributed by atoms with Gasteiger partial charge in [0.1, 0.15) is 15.7 Å². The van der Waals surface area contributed by atoms with Gasteiger partial charge in [-0.15, -0.1) is 11.3 Å². The second-order valence-electron chi connectivity index (χ2n) is 5.06. The highest BCUT2D eigenvalue weighted by Crippen LogP contribution is 2.34.